The summed E-state index contributed by atoms with van der Waals surface area (Å²) in [5.74, 6) is 1.99. The highest BCUT2D eigenvalue weighted by Crippen LogP contribution is 2.57. The lowest BCUT2D eigenvalue weighted by Crippen LogP contribution is -2.40. The number of halogens is 1. The second kappa shape index (κ2) is 5.72. The van der Waals surface area contributed by atoms with Crippen LogP contribution in [-0.4, -0.2) is 13.1 Å². The second-order valence-electron chi connectivity index (χ2n) is 6.53. The van der Waals surface area contributed by atoms with E-state index in [4.69, 9.17) is 0 Å². The van der Waals surface area contributed by atoms with E-state index in [1.165, 1.54) is 47.8 Å². The van der Waals surface area contributed by atoms with E-state index in [-0.39, 0.29) is 0 Å². The number of hydrogen-bond donors (Lipinski definition) is 1. The van der Waals surface area contributed by atoms with Crippen molar-refractivity contribution < 1.29 is 0 Å². The lowest BCUT2D eigenvalue weighted by atomic mass is 9.69. The van der Waals surface area contributed by atoms with Gasteiger partial charge in [0.15, 0.2) is 0 Å². The Morgan fingerprint density at radius 2 is 2.05 bits per heavy atom. The molecule has 1 N–H and O–H groups in total. The molecule has 2 aliphatic carbocycles. The number of benzene rings is 1. The van der Waals surface area contributed by atoms with Gasteiger partial charge in [-0.1, -0.05) is 25.5 Å². The molecule has 0 radical (unpaired) electrons. The molecule has 2 bridgehead atoms. The standard InChI is InChI=1S/C17H24IN/c1-2-19-12-17(11-14-3-6-15(17)9-14)10-13-4-7-16(18)8-5-13/h4-5,7-8,14-15,19H,2-3,6,9-12H2,1H3. The fraction of sp³-hybridized carbons (Fsp3) is 0.647. The Labute approximate surface area is 130 Å². The minimum Gasteiger partial charge on any atom is -0.316 e. The number of nitrogens with one attached hydrogen (secondary N) is 1. The minimum atomic E-state index is 0.547. The Balaban J connectivity index is 1.78. The molecular weight excluding hydrogens is 345 g/mol. The van der Waals surface area contributed by atoms with E-state index in [1.807, 2.05) is 0 Å². The van der Waals surface area contributed by atoms with Gasteiger partial charge in [-0.25, -0.2) is 0 Å². The predicted molar refractivity (Wildman–Crippen MR) is 89.3 cm³/mol. The van der Waals surface area contributed by atoms with Crippen LogP contribution in [0.5, 0.6) is 0 Å². The summed E-state index contributed by atoms with van der Waals surface area (Å²) in [4.78, 5) is 0. The molecule has 3 unspecified atom stereocenters. The molecule has 3 rings (SSSR count). The zero-order valence-corrected chi connectivity index (χ0v) is 13.9. The fourth-order valence-electron chi connectivity index (χ4n) is 4.44. The van der Waals surface area contributed by atoms with E-state index < -0.39 is 0 Å². The molecule has 0 spiro atoms. The molecule has 104 valence electrons. The second-order valence-corrected chi connectivity index (χ2v) is 7.77. The maximum absolute atomic E-state index is 3.65. The van der Waals surface area contributed by atoms with Gasteiger partial charge >= 0.3 is 0 Å². The average molecular weight is 369 g/mol. The Bertz CT molecular complexity index is 427. The molecule has 2 fully saturated rings. The van der Waals surface area contributed by atoms with Crippen molar-refractivity contribution in [1.29, 1.82) is 0 Å². The third kappa shape index (κ3) is 2.85. The van der Waals surface area contributed by atoms with Gasteiger partial charge in [-0.15, -0.1) is 0 Å². The molecule has 2 saturated carbocycles. The highest BCUT2D eigenvalue weighted by molar-refractivity contribution is 14.1. The van der Waals surface area contributed by atoms with E-state index in [0.29, 0.717) is 5.41 Å². The van der Waals surface area contributed by atoms with Crippen LogP contribution < -0.4 is 5.32 Å². The van der Waals surface area contributed by atoms with Gasteiger partial charge in [0.2, 0.25) is 0 Å². The van der Waals surface area contributed by atoms with Crippen LogP contribution in [0.2, 0.25) is 0 Å². The Kier molecular flexibility index (Phi) is 4.18. The Morgan fingerprint density at radius 3 is 2.63 bits per heavy atom. The summed E-state index contributed by atoms with van der Waals surface area (Å²) in [6.07, 6.45) is 7.19. The van der Waals surface area contributed by atoms with Gasteiger partial charge in [0.25, 0.3) is 0 Å². The lowest BCUT2D eigenvalue weighted by Gasteiger charge is -2.38. The van der Waals surface area contributed by atoms with Gasteiger partial charge in [-0.2, -0.15) is 0 Å². The largest absolute Gasteiger partial charge is 0.316 e. The van der Waals surface area contributed by atoms with Gasteiger partial charge in [0.05, 0.1) is 0 Å². The van der Waals surface area contributed by atoms with E-state index in [0.717, 1.165) is 18.4 Å². The minimum absolute atomic E-state index is 0.547. The summed E-state index contributed by atoms with van der Waals surface area (Å²) in [5, 5.41) is 3.65. The van der Waals surface area contributed by atoms with E-state index in [1.54, 1.807) is 0 Å². The van der Waals surface area contributed by atoms with Crippen molar-refractivity contribution in [2.75, 3.05) is 13.1 Å². The number of hydrogen-bond acceptors (Lipinski definition) is 1. The monoisotopic (exact) mass is 369 g/mol. The van der Waals surface area contributed by atoms with Crippen molar-refractivity contribution in [2.45, 2.75) is 39.0 Å². The van der Waals surface area contributed by atoms with Gasteiger partial charge < -0.3 is 5.32 Å². The highest BCUT2D eigenvalue weighted by atomic mass is 127. The summed E-state index contributed by atoms with van der Waals surface area (Å²) >= 11 is 2.39. The van der Waals surface area contributed by atoms with Crippen LogP contribution in [0.1, 0.15) is 38.2 Å². The van der Waals surface area contributed by atoms with E-state index >= 15 is 0 Å². The third-order valence-corrected chi connectivity index (χ3v) is 6.02. The Morgan fingerprint density at radius 1 is 1.26 bits per heavy atom. The van der Waals surface area contributed by atoms with Crippen LogP contribution in [0.25, 0.3) is 0 Å². The van der Waals surface area contributed by atoms with Gasteiger partial charge in [-0.05, 0) is 89.8 Å². The average Bonchev–Trinajstić information content (AvgIpc) is 3.00. The van der Waals surface area contributed by atoms with Crippen molar-refractivity contribution in [3.63, 3.8) is 0 Å². The summed E-state index contributed by atoms with van der Waals surface area (Å²) < 4.78 is 1.34. The van der Waals surface area contributed by atoms with E-state index in [9.17, 15) is 0 Å². The normalized spacial score (nSPS) is 32.9. The van der Waals surface area contributed by atoms with Crippen LogP contribution in [0.4, 0.5) is 0 Å². The van der Waals surface area contributed by atoms with Gasteiger partial charge in [0.1, 0.15) is 0 Å². The topological polar surface area (TPSA) is 12.0 Å². The summed E-state index contributed by atoms with van der Waals surface area (Å²) in [6.45, 7) is 4.55. The molecule has 0 heterocycles. The molecule has 19 heavy (non-hydrogen) atoms. The van der Waals surface area contributed by atoms with Crippen LogP contribution >= 0.6 is 22.6 Å². The molecule has 0 aliphatic heterocycles. The summed E-state index contributed by atoms with van der Waals surface area (Å²) in [5.41, 5.74) is 2.08. The molecule has 2 heteroatoms. The summed E-state index contributed by atoms with van der Waals surface area (Å²) in [6, 6.07) is 9.18. The molecular formula is C17H24IN. The molecule has 1 aromatic carbocycles. The van der Waals surface area contributed by atoms with Crippen molar-refractivity contribution in [3.05, 3.63) is 33.4 Å². The quantitative estimate of drug-likeness (QED) is 0.766. The third-order valence-electron chi connectivity index (χ3n) is 5.30. The fourth-order valence-corrected chi connectivity index (χ4v) is 4.80. The molecule has 0 aromatic heterocycles. The first-order chi connectivity index (χ1) is 9.22. The van der Waals surface area contributed by atoms with Crippen LogP contribution in [-0.2, 0) is 6.42 Å². The molecule has 2 aliphatic rings. The van der Waals surface area contributed by atoms with Crippen molar-refractivity contribution in [2.24, 2.45) is 17.3 Å². The SMILES string of the molecule is CCNCC1(Cc2ccc(I)cc2)CC2CCC1C2. The zero-order valence-electron chi connectivity index (χ0n) is 11.8. The number of fused-ring (bicyclic) bond motifs is 2. The molecule has 0 amide bonds. The molecule has 3 atom stereocenters. The lowest BCUT2D eigenvalue weighted by molar-refractivity contribution is 0.157. The number of rotatable bonds is 5. The first-order valence-electron chi connectivity index (χ1n) is 7.67. The summed E-state index contributed by atoms with van der Waals surface area (Å²) in [7, 11) is 0. The zero-order chi connectivity index (χ0) is 13.3. The first-order valence-corrected chi connectivity index (χ1v) is 8.75. The van der Waals surface area contributed by atoms with Gasteiger partial charge in [-0.3, -0.25) is 0 Å². The van der Waals surface area contributed by atoms with Crippen LogP contribution in [0.15, 0.2) is 24.3 Å². The molecule has 1 aromatic rings. The molecule has 1 nitrogen and oxygen atoms in total. The maximum atomic E-state index is 3.65. The smallest absolute Gasteiger partial charge is 0.0130 e. The van der Waals surface area contributed by atoms with Crippen molar-refractivity contribution in [1.82, 2.24) is 5.32 Å². The first kappa shape index (κ1) is 13.9. The van der Waals surface area contributed by atoms with Crippen molar-refractivity contribution in [3.8, 4) is 0 Å². The molecule has 0 saturated heterocycles. The maximum Gasteiger partial charge on any atom is 0.0130 e. The van der Waals surface area contributed by atoms with Crippen LogP contribution in [0, 0.1) is 20.8 Å². The Hall–Kier alpha value is -0.0900. The highest BCUT2D eigenvalue weighted by Gasteiger charge is 2.50. The van der Waals surface area contributed by atoms with Gasteiger partial charge in [0, 0.05) is 10.1 Å². The predicted octanol–water partition coefficient (Wildman–Crippen LogP) is 4.25. The van der Waals surface area contributed by atoms with Crippen molar-refractivity contribution >= 4 is 22.6 Å². The van der Waals surface area contributed by atoms with E-state index in [2.05, 4.69) is 59.1 Å². The van der Waals surface area contributed by atoms with Crippen LogP contribution in [0.3, 0.4) is 0 Å².